The zero-order chi connectivity index (χ0) is 22.8. The Balaban J connectivity index is 1.40. The average molecular weight is 445 g/mol. The third kappa shape index (κ3) is 4.43. The normalized spacial score (nSPS) is 19.1. The maximum Gasteiger partial charge on any atom is 0.356 e. The molecule has 4 rings (SSSR count). The van der Waals surface area contributed by atoms with E-state index in [0.29, 0.717) is 61.5 Å². The largest absolute Gasteiger partial charge is 0.478 e. The highest BCUT2D eigenvalue weighted by Gasteiger charge is 2.29. The van der Waals surface area contributed by atoms with Crippen LogP contribution < -0.4 is 10.1 Å². The number of aromatic nitrogens is 1. The summed E-state index contributed by atoms with van der Waals surface area (Å²) in [6.07, 6.45) is 1.26. The van der Waals surface area contributed by atoms with Crippen LogP contribution >= 0.6 is 0 Å². The first-order chi connectivity index (χ1) is 15.4. The van der Waals surface area contributed by atoms with Crippen LogP contribution in [-0.4, -0.2) is 48.1 Å². The van der Waals surface area contributed by atoms with E-state index in [2.05, 4.69) is 19.9 Å². The molecule has 0 spiro atoms. The van der Waals surface area contributed by atoms with Gasteiger partial charge >= 0.3 is 5.97 Å². The van der Waals surface area contributed by atoms with Crippen molar-refractivity contribution < 1.29 is 27.8 Å². The number of carbonyl (C=O) groups is 2. The number of anilines is 1. The van der Waals surface area contributed by atoms with Crippen molar-refractivity contribution in [2.24, 2.45) is 0 Å². The van der Waals surface area contributed by atoms with Crippen LogP contribution in [0.3, 0.4) is 0 Å². The van der Waals surface area contributed by atoms with Gasteiger partial charge < -0.3 is 14.8 Å². The maximum atomic E-state index is 14.7. The van der Waals surface area contributed by atoms with Crippen LogP contribution in [0, 0.1) is 11.8 Å². The molecule has 0 bridgehead atoms. The second kappa shape index (κ2) is 9.20. The van der Waals surface area contributed by atoms with Gasteiger partial charge in [-0.15, -0.1) is 0 Å². The van der Waals surface area contributed by atoms with E-state index in [0.717, 1.165) is 0 Å². The second-order valence-electron chi connectivity index (χ2n) is 8.06. The van der Waals surface area contributed by atoms with Crippen LogP contribution in [0.2, 0.25) is 0 Å². The summed E-state index contributed by atoms with van der Waals surface area (Å²) >= 11 is 0. The molecule has 1 fully saturated rings. The molecule has 3 heterocycles. The molecule has 9 heteroatoms. The summed E-state index contributed by atoms with van der Waals surface area (Å²) in [5, 5.41) is 2.79. The highest BCUT2D eigenvalue weighted by atomic mass is 19.1. The van der Waals surface area contributed by atoms with E-state index in [1.807, 2.05) is 6.92 Å². The van der Waals surface area contributed by atoms with Crippen LogP contribution in [0.5, 0.6) is 5.75 Å². The lowest BCUT2D eigenvalue weighted by atomic mass is 9.90. The van der Waals surface area contributed by atoms with Gasteiger partial charge in [0.1, 0.15) is 11.6 Å². The van der Waals surface area contributed by atoms with E-state index in [9.17, 15) is 18.4 Å². The quantitative estimate of drug-likeness (QED) is 0.559. The molecular weight excluding hydrogens is 420 g/mol. The van der Waals surface area contributed by atoms with Crippen molar-refractivity contribution in [1.82, 2.24) is 9.88 Å². The number of benzene rings is 1. The van der Waals surface area contributed by atoms with Crippen molar-refractivity contribution in [2.45, 2.75) is 44.8 Å². The molecule has 1 amide bonds. The van der Waals surface area contributed by atoms with E-state index in [1.165, 1.54) is 19.2 Å². The minimum absolute atomic E-state index is 0.0301. The van der Waals surface area contributed by atoms with Crippen LogP contribution in [0.1, 0.15) is 53.7 Å². The number of methoxy groups -OCH3 is 1. The minimum Gasteiger partial charge on any atom is -0.478 e. The number of carbonyl (C=O) groups excluding carboxylic acids is 2. The van der Waals surface area contributed by atoms with Crippen molar-refractivity contribution >= 4 is 17.6 Å². The SMILES string of the molecule is CCC1Oc2cc(F)c(CN3CCC(c4ccc(C(=O)OC)nc4F)CC3)cc2NC1=O. The van der Waals surface area contributed by atoms with Crippen molar-refractivity contribution in [3.63, 3.8) is 0 Å². The summed E-state index contributed by atoms with van der Waals surface area (Å²) in [4.78, 5) is 29.4. The molecule has 1 saturated heterocycles. The lowest BCUT2D eigenvalue weighted by molar-refractivity contribution is -0.123. The third-order valence-electron chi connectivity index (χ3n) is 6.03. The smallest absolute Gasteiger partial charge is 0.356 e. The number of fused-ring (bicyclic) bond motifs is 1. The molecule has 2 aliphatic rings. The Labute approximate surface area is 184 Å². The summed E-state index contributed by atoms with van der Waals surface area (Å²) in [5.41, 5.74) is 1.36. The number of halogens is 2. The van der Waals surface area contributed by atoms with Gasteiger partial charge in [-0.25, -0.2) is 14.2 Å². The fourth-order valence-electron chi connectivity index (χ4n) is 4.22. The van der Waals surface area contributed by atoms with Crippen LogP contribution in [-0.2, 0) is 16.1 Å². The molecule has 0 aliphatic carbocycles. The summed E-state index contributed by atoms with van der Waals surface area (Å²) in [6.45, 7) is 3.51. The molecule has 2 aliphatic heterocycles. The molecule has 0 radical (unpaired) electrons. The summed E-state index contributed by atoms with van der Waals surface area (Å²) in [5.74, 6) is -1.64. The molecule has 1 atom stereocenters. The van der Waals surface area contributed by atoms with Gasteiger partial charge in [-0.1, -0.05) is 13.0 Å². The van der Waals surface area contributed by atoms with E-state index in [-0.39, 0.29) is 23.3 Å². The third-order valence-corrected chi connectivity index (χ3v) is 6.03. The lowest BCUT2D eigenvalue weighted by Gasteiger charge is -2.32. The first-order valence-corrected chi connectivity index (χ1v) is 10.7. The summed E-state index contributed by atoms with van der Waals surface area (Å²) in [6, 6.07) is 6.00. The van der Waals surface area contributed by atoms with E-state index < -0.39 is 18.0 Å². The number of rotatable bonds is 5. The van der Waals surface area contributed by atoms with E-state index >= 15 is 0 Å². The Bertz CT molecular complexity index is 1040. The van der Waals surface area contributed by atoms with Gasteiger partial charge in [-0.2, -0.15) is 4.39 Å². The molecule has 1 N–H and O–H groups in total. The van der Waals surface area contributed by atoms with Gasteiger partial charge in [0.25, 0.3) is 5.91 Å². The molecule has 170 valence electrons. The first kappa shape index (κ1) is 22.1. The molecule has 32 heavy (non-hydrogen) atoms. The number of nitrogens with one attached hydrogen (secondary N) is 1. The molecule has 1 aromatic heterocycles. The zero-order valence-corrected chi connectivity index (χ0v) is 18.0. The molecule has 1 unspecified atom stereocenters. The number of piperidine rings is 1. The number of ether oxygens (including phenoxy) is 2. The molecule has 7 nitrogen and oxygen atoms in total. The number of pyridine rings is 1. The fourth-order valence-corrected chi connectivity index (χ4v) is 4.22. The van der Waals surface area contributed by atoms with Gasteiger partial charge in [0.05, 0.1) is 12.8 Å². The van der Waals surface area contributed by atoms with Gasteiger partial charge in [0.15, 0.2) is 11.8 Å². The Morgan fingerprint density at radius 3 is 2.69 bits per heavy atom. The zero-order valence-electron chi connectivity index (χ0n) is 18.0. The Morgan fingerprint density at radius 1 is 1.28 bits per heavy atom. The fraction of sp³-hybridized carbons (Fsp3) is 0.435. The van der Waals surface area contributed by atoms with Crippen molar-refractivity contribution in [3.8, 4) is 5.75 Å². The van der Waals surface area contributed by atoms with Crippen LogP contribution in [0.25, 0.3) is 0 Å². The Kier molecular flexibility index (Phi) is 6.36. The minimum atomic E-state index is -0.677. The highest BCUT2D eigenvalue weighted by Crippen LogP contribution is 2.35. The number of nitrogens with zero attached hydrogens (tertiary/aromatic N) is 2. The van der Waals surface area contributed by atoms with Crippen molar-refractivity contribution in [2.75, 3.05) is 25.5 Å². The van der Waals surface area contributed by atoms with Crippen LogP contribution in [0.4, 0.5) is 14.5 Å². The Morgan fingerprint density at radius 2 is 2.03 bits per heavy atom. The first-order valence-electron chi connectivity index (χ1n) is 10.7. The average Bonchev–Trinajstić information content (AvgIpc) is 2.79. The number of amides is 1. The maximum absolute atomic E-state index is 14.7. The van der Waals surface area contributed by atoms with Gasteiger partial charge in [-0.3, -0.25) is 9.69 Å². The molecular formula is C23H25F2N3O4. The molecule has 1 aromatic carbocycles. The van der Waals surface area contributed by atoms with Crippen molar-refractivity contribution in [1.29, 1.82) is 0 Å². The predicted octanol–water partition coefficient (Wildman–Crippen LogP) is 3.64. The molecule has 2 aromatic rings. The van der Waals surface area contributed by atoms with E-state index in [1.54, 1.807) is 12.1 Å². The molecule has 0 saturated carbocycles. The predicted molar refractivity (Wildman–Crippen MR) is 113 cm³/mol. The van der Waals surface area contributed by atoms with Crippen LogP contribution in [0.15, 0.2) is 24.3 Å². The standard InChI is InChI=1S/C23H25F2N3O4/c1-3-19-22(29)27-18-10-14(16(24)11-20(18)32-19)12-28-8-6-13(7-9-28)15-4-5-17(23(30)31-2)26-21(15)25/h4-5,10-11,13,19H,3,6-9,12H2,1-2H3,(H,27,29). The van der Waals surface area contributed by atoms with Crippen molar-refractivity contribution in [3.05, 3.63) is 52.9 Å². The second-order valence-corrected chi connectivity index (χ2v) is 8.06. The number of esters is 1. The lowest BCUT2D eigenvalue weighted by Crippen LogP contribution is -2.36. The van der Waals surface area contributed by atoms with Gasteiger partial charge in [-0.05, 0) is 50.4 Å². The van der Waals surface area contributed by atoms with Gasteiger partial charge in [0, 0.05) is 23.7 Å². The Hall–Kier alpha value is -3.07. The number of hydrogen-bond acceptors (Lipinski definition) is 6. The van der Waals surface area contributed by atoms with E-state index in [4.69, 9.17) is 4.74 Å². The topological polar surface area (TPSA) is 80.8 Å². The monoisotopic (exact) mass is 445 g/mol. The summed E-state index contributed by atoms with van der Waals surface area (Å²) in [7, 11) is 1.22. The van der Waals surface area contributed by atoms with Gasteiger partial charge in [0.2, 0.25) is 5.95 Å². The number of hydrogen-bond donors (Lipinski definition) is 1. The number of likely N-dealkylation sites (tertiary alicyclic amines) is 1. The summed E-state index contributed by atoms with van der Waals surface area (Å²) < 4.78 is 39.3. The highest BCUT2D eigenvalue weighted by molar-refractivity contribution is 5.97.